The first-order valence-corrected chi connectivity index (χ1v) is 14.3. The first-order chi connectivity index (χ1) is 18.1. The molecule has 3 aromatic carbocycles. The van der Waals surface area contributed by atoms with Crippen molar-refractivity contribution >= 4 is 17.9 Å². The number of nitrogens with zero attached hydrogens (tertiary/aromatic N) is 1. The smallest absolute Gasteiger partial charge is 0.412 e. The van der Waals surface area contributed by atoms with Crippen LogP contribution in [0, 0.1) is 0 Å². The van der Waals surface area contributed by atoms with Gasteiger partial charge in [0.15, 0.2) is 0 Å². The van der Waals surface area contributed by atoms with Gasteiger partial charge in [-0.3, -0.25) is 4.90 Å². The third-order valence-electron chi connectivity index (χ3n) is 6.94. The van der Waals surface area contributed by atoms with E-state index in [4.69, 9.17) is 14.2 Å². The van der Waals surface area contributed by atoms with Crippen LogP contribution in [0.3, 0.4) is 0 Å². The molecule has 200 valence electrons. The molecule has 0 bridgehead atoms. The van der Waals surface area contributed by atoms with E-state index in [0.717, 1.165) is 36.5 Å². The van der Waals surface area contributed by atoms with Gasteiger partial charge < -0.3 is 14.2 Å². The fourth-order valence-electron chi connectivity index (χ4n) is 5.08. The van der Waals surface area contributed by atoms with Gasteiger partial charge in [-0.2, -0.15) is 0 Å². The van der Waals surface area contributed by atoms with E-state index in [0.29, 0.717) is 6.61 Å². The zero-order chi connectivity index (χ0) is 26.9. The molecule has 0 saturated carbocycles. The summed E-state index contributed by atoms with van der Waals surface area (Å²) in [7, 11) is 0. The molecule has 1 unspecified atom stereocenters. The first-order valence-electron chi connectivity index (χ1n) is 13.3. The summed E-state index contributed by atoms with van der Waals surface area (Å²) >= 11 is 1.85. The van der Waals surface area contributed by atoms with E-state index >= 15 is 0 Å². The van der Waals surface area contributed by atoms with Crippen LogP contribution in [0.1, 0.15) is 63.3 Å². The molecule has 0 aliphatic carbocycles. The number of fused-ring (bicyclic) bond motifs is 2. The Hall–Kier alpha value is -2.96. The van der Waals surface area contributed by atoms with Crippen molar-refractivity contribution < 1.29 is 19.0 Å². The van der Waals surface area contributed by atoms with Crippen molar-refractivity contribution in [3.63, 3.8) is 0 Å². The summed E-state index contributed by atoms with van der Waals surface area (Å²) in [6.45, 7) is 10.0. The molecule has 38 heavy (non-hydrogen) atoms. The molecule has 3 aromatic rings. The fraction of sp³-hybridized carbons (Fsp3) is 0.406. The van der Waals surface area contributed by atoms with Crippen LogP contribution in [0.15, 0.2) is 71.6 Å². The van der Waals surface area contributed by atoms with Gasteiger partial charge in [0.25, 0.3) is 0 Å². The number of benzene rings is 3. The number of carbonyl (C=O) groups excluding carboxylic acids is 1. The predicted octanol–water partition coefficient (Wildman–Crippen LogP) is 7.98. The first kappa shape index (κ1) is 26.6. The number of carbonyl (C=O) groups is 1. The van der Waals surface area contributed by atoms with Gasteiger partial charge >= 0.3 is 6.09 Å². The molecule has 5 rings (SSSR count). The minimum Gasteiger partial charge on any atom is -0.457 e. The Morgan fingerprint density at radius 3 is 2.45 bits per heavy atom. The van der Waals surface area contributed by atoms with E-state index in [2.05, 4.69) is 66.7 Å². The Kier molecular flexibility index (Phi) is 7.47. The Labute approximate surface area is 230 Å². The summed E-state index contributed by atoms with van der Waals surface area (Å²) < 4.78 is 17.9. The monoisotopic (exact) mass is 531 g/mol. The number of rotatable bonds is 6. The summed E-state index contributed by atoms with van der Waals surface area (Å²) in [6.07, 6.45) is 2.18. The number of aryl methyl sites for hydroxylation is 1. The highest BCUT2D eigenvalue weighted by Crippen LogP contribution is 2.39. The van der Waals surface area contributed by atoms with Crippen LogP contribution in [0.2, 0.25) is 0 Å². The van der Waals surface area contributed by atoms with Crippen LogP contribution in [-0.4, -0.2) is 35.0 Å². The third-order valence-corrected chi connectivity index (χ3v) is 8.00. The molecule has 0 spiro atoms. The fourth-order valence-corrected chi connectivity index (χ4v) is 6.00. The maximum Gasteiger partial charge on any atom is 0.412 e. The number of hydrogen-bond donors (Lipinski definition) is 0. The quantitative estimate of drug-likeness (QED) is 0.236. The highest BCUT2D eigenvalue weighted by atomic mass is 32.2. The van der Waals surface area contributed by atoms with E-state index in [1.165, 1.54) is 27.1 Å². The summed E-state index contributed by atoms with van der Waals surface area (Å²) in [5.74, 6) is 2.81. The summed E-state index contributed by atoms with van der Waals surface area (Å²) in [5.41, 5.74) is 3.75. The molecule has 2 heterocycles. The molecule has 0 radical (unpaired) electrons. The predicted molar refractivity (Wildman–Crippen MR) is 152 cm³/mol. The van der Waals surface area contributed by atoms with E-state index in [1.807, 2.05) is 46.4 Å². The molecule has 0 N–H and O–H groups in total. The number of amides is 1. The molecule has 5 nitrogen and oxygen atoms in total. The molecule has 2 aliphatic heterocycles. The highest BCUT2D eigenvalue weighted by Gasteiger charge is 2.45. The Balaban J connectivity index is 1.24. The number of ether oxygens (including phenoxy) is 3. The average molecular weight is 532 g/mol. The average Bonchev–Trinajstić information content (AvgIpc) is 3.18. The molecule has 1 fully saturated rings. The molecule has 1 amide bonds. The lowest BCUT2D eigenvalue weighted by molar-refractivity contribution is -0.0626. The maximum absolute atomic E-state index is 13.0. The van der Waals surface area contributed by atoms with E-state index < -0.39 is 11.3 Å². The van der Waals surface area contributed by atoms with Crippen molar-refractivity contribution in [3.8, 4) is 11.5 Å². The minimum atomic E-state index is -0.684. The number of thioether (sulfide) groups is 1. The van der Waals surface area contributed by atoms with Crippen molar-refractivity contribution in [3.05, 3.63) is 89.0 Å². The van der Waals surface area contributed by atoms with Gasteiger partial charge in [-0.05, 0) is 88.4 Å². The Morgan fingerprint density at radius 1 is 1.00 bits per heavy atom. The second-order valence-electron chi connectivity index (χ2n) is 11.6. The summed E-state index contributed by atoms with van der Waals surface area (Å²) in [5, 5.41) is 0. The molecule has 1 atom stereocenters. The van der Waals surface area contributed by atoms with Gasteiger partial charge in [0, 0.05) is 22.6 Å². The second kappa shape index (κ2) is 10.7. The zero-order valence-electron chi connectivity index (χ0n) is 23.0. The van der Waals surface area contributed by atoms with Crippen LogP contribution < -0.4 is 4.74 Å². The topological polar surface area (TPSA) is 48.0 Å². The van der Waals surface area contributed by atoms with Gasteiger partial charge in [-0.25, -0.2) is 4.79 Å². The second-order valence-corrected chi connectivity index (χ2v) is 12.6. The summed E-state index contributed by atoms with van der Waals surface area (Å²) in [4.78, 5) is 16.0. The van der Waals surface area contributed by atoms with Crippen molar-refractivity contribution in [1.29, 1.82) is 0 Å². The maximum atomic E-state index is 13.0. The zero-order valence-corrected chi connectivity index (χ0v) is 23.8. The third kappa shape index (κ3) is 6.19. The van der Waals surface area contributed by atoms with Crippen LogP contribution in [0.5, 0.6) is 11.5 Å². The molecule has 2 aliphatic rings. The number of hydrogen-bond acceptors (Lipinski definition) is 5. The molecular formula is C32H37NO4S. The van der Waals surface area contributed by atoms with E-state index in [-0.39, 0.29) is 12.1 Å². The lowest BCUT2D eigenvalue weighted by Gasteiger charge is -2.35. The standard InChI is InChI=1S/C32H37NO4S/c1-31(2,3)37-30(34)33-26(20-35-32(33,4)5)13-11-22-12-15-28-24(17-22)18-25-19-27(14-16-29(25)36-28)38-21-23-9-7-6-8-10-23/h6-10,12,14-17,19,26H,11,13,18,20-21H2,1-5H3. The van der Waals surface area contributed by atoms with Gasteiger partial charge in [-0.1, -0.05) is 42.5 Å². The van der Waals surface area contributed by atoms with E-state index in [1.54, 1.807) is 4.90 Å². The van der Waals surface area contributed by atoms with Crippen molar-refractivity contribution in [2.75, 3.05) is 6.61 Å². The van der Waals surface area contributed by atoms with Crippen LogP contribution in [-0.2, 0) is 28.1 Å². The van der Waals surface area contributed by atoms with Crippen molar-refractivity contribution in [2.45, 2.75) is 81.9 Å². The van der Waals surface area contributed by atoms with E-state index in [9.17, 15) is 4.79 Å². The minimum absolute atomic E-state index is 0.0305. The lowest BCUT2D eigenvalue weighted by Crippen LogP contribution is -2.49. The lowest BCUT2D eigenvalue weighted by atomic mass is 9.96. The highest BCUT2D eigenvalue weighted by molar-refractivity contribution is 7.98. The molecule has 0 aromatic heterocycles. The van der Waals surface area contributed by atoms with Crippen LogP contribution in [0.4, 0.5) is 4.79 Å². The Morgan fingerprint density at radius 2 is 1.71 bits per heavy atom. The van der Waals surface area contributed by atoms with Crippen molar-refractivity contribution in [2.24, 2.45) is 0 Å². The largest absolute Gasteiger partial charge is 0.457 e. The molecule has 1 saturated heterocycles. The van der Waals surface area contributed by atoms with Gasteiger partial charge in [-0.15, -0.1) is 11.8 Å². The van der Waals surface area contributed by atoms with Crippen molar-refractivity contribution in [1.82, 2.24) is 4.90 Å². The summed E-state index contributed by atoms with van der Waals surface area (Å²) in [6, 6.07) is 23.5. The Bertz CT molecular complexity index is 1300. The van der Waals surface area contributed by atoms with Crippen LogP contribution in [0.25, 0.3) is 0 Å². The van der Waals surface area contributed by atoms with Gasteiger partial charge in [0.05, 0.1) is 12.6 Å². The van der Waals surface area contributed by atoms with Gasteiger partial charge in [0.2, 0.25) is 0 Å². The molecular weight excluding hydrogens is 494 g/mol. The van der Waals surface area contributed by atoms with Crippen LogP contribution >= 0.6 is 11.8 Å². The van der Waals surface area contributed by atoms with Gasteiger partial charge in [0.1, 0.15) is 22.8 Å². The SMILES string of the molecule is CC(C)(C)OC(=O)N1C(CCc2ccc3c(c2)Cc2cc(SCc4ccccc4)ccc2O3)COC1(C)C. The normalized spacial score (nSPS) is 17.9. The molecule has 6 heteroatoms.